The molecule has 0 saturated carbocycles. The molecule has 0 unspecified atom stereocenters. The molecular weight excluding hydrogens is 328 g/mol. The minimum Gasteiger partial charge on any atom is -0.478 e. The van der Waals surface area contributed by atoms with Crippen molar-refractivity contribution in [2.45, 2.75) is 0 Å². The maximum atomic E-state index is 11.9. The Morgan fingerprint density at radius 1 is 1.29 bits per heavy atom. The van der Waals surface area contributed by atoms with Crippen LogP contribution in [0.4, 0.5) is 5.69 Å². The number of furan rings is 1. The van der Waals surface area contributed by atoms with E-state index in [-0.39, 0.29) is 11.5 Å². The zero-order valence-corrected chi connectivity index (χ0v) is 13.1. The first-order valence-electron chi connectivity index (χ1n) is 6.95. The molecule has 3 rings (SSSR count). The van der Waals surface area contributed by atoms with E-state index in [1.165, 1.54) is 23.9 Å². The molecule has 2 N–H and O–H groups in total. The van der Waals surface area contributed by atoms with E-state index in [4.69, 9.17) is 9.52 Å². The van der Waals surface area contributed by atoms with Crippen LogP contribution >= 0.6 is 11.8 Å². The SMILES string of the molecule is O=C1NC(=Nc2cccc(C(=O)O)c2)SC1=CC=Cc1ccco1. The highest BCUT2D eigenvalue weighted by molar-refractivity contribution is 8.18. The van der Waals surface area contributed by atoms with Crippen molar-refractivity contribution in [1.82, 2.24) is 5.32 Å². The summed E-state index contributed by atoms with van der Waals surface area (Å²) in [7, 11) is 0. The molecule has 0 spiro atoms. The number of aliphatic imine (C=N–C) groups is 1. The summed E-state index contributed by atoms with van der Waals surface area (Å²) >= 11 is 1.19. The first kappa shape index (κ1) is 15.8. The number of rotatable bonds is 4. The number of carboxylic acids is 1. The van der Waals surface area contributed by atoms with Gasteiger partial charge in [-0.25, -0.2) is 9.79 Å². The second kappa shape index (κ2) is 7.01. The van der Waals surface area contributed by atoms with Gasteiger partial charge in [-0.15, -0.1) is 0 Å². The zero-order valence-electron chi connectivity index (χ0n) is 12.3. The number of amidine groups is 1. The molecule has 1 aromatic carbocycles. The molecule has 0 aliphatic carbocycles. The number of carboxylic acid groups (broad SMARTS) is 1. The number of allylic oxidation sites excluding steroid dienone is 2. The molecule has 2 heterocycles. The number of amides is 1. The van der Waals surface area contributed by atoms with Crippen LogP contribution in [0.2, 0.25) is 0 Å². The molecule has 2 aromatic rings. The molecule has 0 bridgehead atoms. The number of aromatic carboxylic acids is 1. The summed E-state index contributed by atoms with van der Waals surface area (Å²) in [4.78, 5) is 27.6. The van der Waals surface area contributed by atoms with Crippen LogP contribution < -0.4 is 5.32 Å². The van der Waals surface area contributed by atoms with Crippen molar-refractivity contribution in [3.63, 3.8) is 0 Å². The highest BCUT2D eigenvalue weighted by Gasteiger charge is 2.23. The number of carbonyl (C=O) groups excluding carboxylic acids is 1. The number of hydrogen-bond donors (Lipinski definition) is 2. The van der Waals surface area contributed by atoms with Gasteiger partial charge in [0.15, 0.2) is 5.17 Å². The van der Waals surface area contributed by atoms with Crippen molar-refractivity contribution in [2.75, 3.05) is 0 Å². The molecule has 7 heteroatoms. The molecule has 120 valence electrons. The molecule has 1 aromatic heterocycles. The lowest BCUT2D eigenvalue weighted by Gasteiger charge is -1.98. The Bertz CT molecular complexity index is 866. The Labute approximate surface area is 141 Å². The lowest BCUT2D eigenvalue weighted by atomic mass is 10.2. The Morgan fingerprint density at radius 3 is 2.92 bits per heavy atom. The quantitative estimate of drug-likeness (QED) is 0.832. The van der Waals surface area contributed by atoms with Gasteiger partial charge in [-0.3, -0.25) is 4.79 Å². The predicted molar refractivity (Wildman–Crippen MR) is 92.1 cm³/mol. The van der Waals surface area contributed by atoms with E-state index in [0.717, 1.165) is 0 Å². The lowest BCUT2D eigenvalue weighted by molar-refractivity contribution is -0.115. The summed E-state index contributed by atoms with van der Waals surface area (Å²) in [6.45, 7) is 0. The van der Waals surface area contributed by atoms with Crippen LogP contribution in [0.1, 0.15) is 16.1 Å². The maximum absolute atomic E-state index is 11.9. The molecule has 1 fully saturated rings. The fourth-order valence-electron chi connectivity index (χ4n) is 1.94. The van der Waals surface area contributed by atoms with Gasteiger partial charge in [-0.05, 0) is 54.2 Å². The number of carbonyl (C=O) groups is 2. The Morgan fingerprint density at radius 2 is 2.17 bits per heavy atom. The Balaban J connectivity index is 1.74. The standard InChI is InChI=1S/C17H12N2O4S/c20-15-14(8-2-6-13-7-3-9-23-13)24-17(19-15)18-12-5-1-4-11(10-12)16(21)22/h1-10H,(H,21,22)(H,18,19,20). The van der Waals surface area contributed by atoms with Gasteiger partial charge in [0, 0.05) is 0 Å². The molecule has 24 heavy (non-hydrogen) atoms. The van der Waals surface area contributed by atoms with Crippen molar-refractivity contribution in [3.05, 3.63) is 71.0 Å². The second-order valence-corrected chi connectivity index (χ2v) is 5.76. The van der Waals surface area contributed by atoms with E-state index in [1.54, 1.807) is 48.8 Å². The van der Waals surface area contributed by atoms with Crippen LogP contribution in [0, 0.1) is 0 Å². The summed E-state index contributed by atoms with van der Waals surface area (Å²) in [5.41, 5.74) is 0.605. The Kier molecular flexibility index (Phi) is 4.62. The third-order valence-electron chi connectivity index (χ3n) is 3.03. The number of nitrogens with zero attached hydrogens (tertiary/aromatic N) is 1. The van der Waals surface area contributed by atoms with E-state index in [0.29, 0.717) is 21.5 Å². The third-order valence-corrected chi connectivity index (χ3v) is 3.95. The van der Waals surface area contributed by atoms with Crippen LogP contribution in [0.15, 0.2) is 69.1 Å². The van der Waals surface area contributed by atoms with Crippen LogP contribution in [0.3, 0.4) is 0 Å². The topological polar surface area (TPSA) is 91.9 Å². The summed E-state index contributed by atoms with van der Waals surface area (Å²) in [6.07, 6.45) is 6.69. The summed E-state index contributed by atoms with van der Waals surface area (Å²) in [5, 5.41) is 12.0. The second-order valence-electron chi connectivity index (χ2n) is 4.73. The van der Waals surface area contributed by atoms with Crippen LogP contribution in [0.25, 0.3) is 6.08 Å². The van der Waals surface area contributed by atoms with Gasteiger partial charge in [0.2, 0.25) is 0 Å². The van der Waals surface area contributed by atoms with Gasteiger partial charge in [0.25, 0.3) is 5.91 Å². The van der Waals surface area contributed by atoms with Gasteiger partial charge in [0.05, 0.1) is 22.4 Å². The molecule has 6 nitrogen and oxygen atoms in total. The lowest BCUT2D eigenvalue weighted by Crippen LogP contribution is -2.19. The van der Waals surface area contributed by atoms with E-state index in [2.05, 4.69) is 10.3 Å². The van der Waals surface area contributed by atoms with Crippen molar-refractivity contribution < 1.29 is 19.1 Å². The highest BCUT2D eigenvalue weighted by Crippen LogP contribution is 2.26. The van der Waals surface area contributed by atoms with Crippen LogP contribution in [-0.2, 0) is 4.79 Å². The molecule has 1 amide bonds. The number of thioether (sulfide) groups is 1. The fraction of sp³-hybridized carbons (Fsp3) is 0. The van der Waals surface area contributed by atoms with Crippen molar-refractivity contribution in [2.24, 2.45) is 4.99 Å². The minimum atomic E-state index is -1.02. The van der Waals surface area contributed by atoms with Crippen molar-refractivity contribution in [3.8, 4) is 0 Å². The molecule has 1 aliphatic rings. The molecule has 0 atom stereocenters. The average molecular weight is 340 g/mol. The zero-order chi connectivity index (χ0) is 16.9. The van der Waals surface area contributed by atoms with Crippen molar-refractivity contribution in [1.29, 1.82) is 0 Å². The van der Waals surface area contributed by atoms with Gasteiger partial charge >= 0.3 is 5.97 Å². The smallest absolute Gasteiger partial charge is 0.335 e. The summed E-state index contributed by atoms with van der Waals surface area (Å²) in [5.74, 6) is -0.587. The summed E-state index contributed by atoms with van der Waals surface area (Å²) < 4.78 is 5.16. The molecule has 1 aliphatic heterocycles. The van der Waals surface area contributed by atoms with Crippen molar-refractivity contribution >= 4 is 40.6 Å². The maximum Gasteiger partial charge on any atom is 0.335 e. The van der Waals surface area contributed by atoms with E-state index >= 15 is 0 Å². The largest absolute Gasteiger partial charge is 0.478 e. The minimum absolute atomic E-state index is 0.142. The number of nitrogens with one attached hydrogen (secondary N) is 1. The monoisotopic (exact) mass is 340 g/mol. The first-order chi connectivity index (χ1) is 11.6. The molecule has 1 saturated heterocycles. The average Bonchev–Trinajstić information content (AvgIpc) is 3.18. The third kappa shape index (κ3) is 3.82. The molecular formula is C17H12N2O4S. The number of hydrogen-bond acceptors (Lipinski definition) is 5. The van der Waals surface area contributed by atoms with Gasteiger partial charge in [-0.1, -0.05) is 12.1 Å². The summed E-state index contributed by atoms with van der Waals surface area (Å²) in [6, 6.07) is 9.79. The fourth-order valence-corrected chi connectivity index (χ4v) is 2.73. The van der Waals surface area contributed by atoms with E-state index in [9.17, 15) is 9.59 Å². The van der Waals surface area contributed by atoms with Gasteiger partial charge < -0.3 is 14.8 Å². The van der Waals surface area contributed by atoms with Gasteiger partial charge in [-0.2, -0.15) is 0 Å². The Hall–Kier alpha value is -3.06. The van der Waals surface area contributed by atoms with E-state index in [1.807, 2.05) is 0 Å². The van der Waals surface area contributed by atoms with Crippen LogP contribution in [-0.4, -0.2) is 22.2 Å². The number of benzene rings is 1. The first-order valence-corrected chi connectivity index (χ1v) is 7.76. The predicted octanol–water partition coefficient (Wildman–Crippen LogP) is 3.43. The van der Waals surface area contributed by atoms with Crippen LogP contribution in [0.5, 0.6) is 0 Å². The molecule has 0 radical (unpaired) electrons. The van der Waals surface area contributed by atoms with Gasteiger partial charge in [0.1, 0.15) is 5.76 Å². The highest BCUT2D eigenvalue weighted by atomic mass is 32.2. The van der Waals surface area contributed by atoms with E-state index < -0.39 is 5.97 Å². The normalized spacial score (nSPS) is 17.8.